The Morgan fingerprint density at radius 3 is 2.58 bits per heavy atom. The molecule has 3 N–H and O–H groups in total. The van der Waals surface area contributed by atoms with Crippen molar-refractivity contribution >= 4 is 5.91 Å². The zero-order valence-corrected chi connectivity index (χ0v) is 15.5. The predicted molar refractivity (Wildman–Crippen MR) is 101 cm³/mol. The smallest absolute Gasteiger partial charge is 0.251 e. The Labute approximate surface area is 154 Å². The molecule has 0 saturated carbocycles. The van der Waals surface area contributed by atoms with Crippen LogP contribution in [0.3, 0.4) is 0 Å². The van der Waals surface area contributed by atoms with E-state index in [4.69, 9.17) is 10.5 Å². The van der Waals surface area contributed by atoms with Crippen LogP contribution in [0.25, 0.3) is 11.1 Å². The Balaban J connectivity index is 1.86. The van der Waals surface area contributed by atoms with Gasteiger partial charge in [-0.25, -0.2) is 0 Å². The van der Waals surface area contributed by atoms with Crippen molar-refractivity contribution in [3.63, 3.8) is 0 Å². The van der Waals surface area contributed by atoms with Gasteiger partial charge in [-0.1, -0.05) is 12.1 Å². The molecule has 140 valence electrons. The van der Waals surface area contributed by atoms with Gasteiger partial charge in [-0.2, -0.15) is 0 Å². The molecule has 0 spiro atoms. The van der Waals surface area contributed by atoms with Gasteiger partial charge in [0.2, 0.25) is 0 Å². The summed E-state index contributed by atoms with van der Waals surface area (Å²) in [6, 6.07) is 6.97. The van der Waals surface area contributed by atoms with E-state index >= 15 is 0 Å². The van der Waals surface area contributed by atoms with Crippen LogP contribution in [-0.2, 0) is 11.3 Å². The average molecular weight is 357 g/mol. The van der Waals surface area contributed by atoms with Gasteiger partial charge in [-0.15, -0.1) is 0 Å². The molecule has 1 saturated heterocycles. The number of amides is 1. The third-order valence-electron chi connectivity index (χ3n) is 5.12. The zero-order chi connectivity index (χ0) is 18.7. The summed E-state index contributed by atoms with van der Waals surface area (Å²) >= 11 is 0. The molecular weight excluding hydrogens is 330 g/mol. The first-order valence-corrected chi connectivity index (χ1v) is 9.08. The number of nitrogens with zero attached hydrogens (tertiary/aromatic N) is 2. The van der Waals surface area contributed by atoms with E-state index in [2.05, 4.69) is 9.47 Å². The maximum Gasteiger partial charge on any atom is 0.251 e. The molecular formula is C20H27N3O3. The van der Waals surface area contributed by atoms with Crippen molar-refractivity contribution in [3.8, 4) is 16.9 Å². The molecule has 1 aromatic heterocycles. The maximum absolute atomic E-state index is 12.1. The monoisotopic (exact) mass is 357 g/mol. The van der Waals surface area contributed by atoms with E-state index in [0.29, 0.717) is 5.56 Å². The van der Waals surface area contributed by atoms with Crippen LogP contribution in [0.4, 0.5) is 0 Å². The first-order chi connectivity index (χ1) is 12.5. The van der Waals surface area contributed by atoms with E-state index in [9.17, 15) is 9.90 Å². The number of primary amides is 1. The Kier molecular flexibility index (Phi) is 5.64. The lowest BCUT2D eigenvalue weighted by atomic mass is 10.00. The van der Waals surface area contributed by atoms with E-state index in [0.717, 1.165) is 68.3 Å². The normalized spacial score (nSPS) is 15.3. The van der Waals surface area contributed by atoms with E-state index < -0.39 is 5.91 Å². The van der Waals surface area contributed by atoms with Gasteiger partial charge in [0.1, 0.15) is 5.75 Å². The van der Waals surface area contributed by atoms with E-state index in [1.165, 1.54) is 0 Å². The van der Waals surface area contributed by atoms with Gasteiger partial charge in [-0.3, -0.25) is 9.69 Å². The minimum atomic E-state index is -0.434. The molecule has 1 aliphatic rings. The topological polar surface area (TPSA) is 80.7 Å². The minimum Gasteiger partial charge on any atom is -0.508 e. The Morgan fingerprint density at radius 1 is 1.19 bits per heavy atom. The standard InChI is InChI=1S/C20H27N3O3/c1-14-18(16-5-3-6-17(24)13-16)19(20(21)25)15(2)23(14)8-4-7-22-9-11-26-12-10-22/h3,5-6,13,24H,4,7-12H2,1-2H3,(H2,21,25). The van der Waals surface area contributed by atoms with Crippen molar-refractivity contribution in [2.45, 2.75) is 26.8 Å². The predicted octanol–water partition coefficient (Wildman–Crippen LogP) is 2.30. The molecule has 0 aliphatic carbocycles. The molecule has 3 rings (SSSR count). The van der Waals surface area contributed by atoms with Gasteiger partial charge < -0.3 is 20.1 Å². The first kappa shape index (κ1) is 18.5. The molecule has 26 heavy (non-hydrogen) atoms. The number of hydrogen-bond acceptors (Lipinski definition) is 4. The third-order valence-corrected chi connectivity index (χ3v) is 5.12. The van der Waals surface area contributed by atoms with E-state index in [-0.39, 0.29) is 5.75 Å². The van der Waals surface area contributed by atoms with Crippen molar-refractivity contribution in [1.82, 2.24) is 9.47 Å². The number of phenols is 1. The molecule has 2 heterocycles. The van der Waals surface area contributed by atoms with Crippen LogP contribution in [0.15, 0.2) is 24.3 Å². The fraction of sp³-hybridized carbons (Fsp3) is 0.450. The van der Waals surface area contributed by atoms with Crippen molar-refractivity contribution in [1.29, 1.82) is 0 Å². The number of carbonyl (C=O) groups excluding carboxylic acids is 1. The van der Waals surface area contributed by atoms with Gasteiger partial charge in [0, 0.05) is 43.1 Å². The summed E-state index contributed by atoms with van der Waals surface area (Å²) in [4.78, 5) is 14.5. The highest BCUT2D eigenvalue weighted by Gasteiger charge is 2.22. The highest BCUT2D eigenvalue weighted by Crippen LogP contribution is 2.33. The summed E-state index contributed by atoms with van der Waals surface area (Å²) in [5.41, 5.74) is 9.74. The molecule has 1 aliphatic heterocycles. The van der Waals surface area contributed by atoms with Crippen LogP contribution < -0.4 is 5.73 Å². The number of nitrogens with two attached hydrogens (primary N) is 1. The second-order valence-electron chi connectivity index (χ2n) is 6.79. The first-order valence-electron chi connectivity index (χ1n) is 9.08. The lowest BCUT2D eigenvalue weighted by Gasteiger charge is -2.26. The lowest BCUT2D eigenvalue weighted by molar-refractivity contribution is 0.0369. The zero-order valence-electron chi connectivity index (χ0n) is 15.5. The molecule has 6 nitrogen and oxygen atoms in total. The van der Waals surface area contributed by atoms with Crippen LogP contribution in [0, 0.1) is 13.8 Å². The fourth-order valence-corrected chi connectivity index (χ4v) is 3.81. The number of hydrogen-bond donors (Lipinski definition) is 2. The van der Waals surface area contributed by atoms with Crippen molar-refractivity contribution in [3.05, 3.63) is 41.2 Å². The second-order valence-corrected chi connectivity index (χ2v) is 6.79. The molecule has 0 unspecified atom stereocenters. The van der Waals surface area contributed by atoms with Crippen molar-refractivity contribution in [2.24, 2.45) is 5.73 Å². The summed E-state index contributed by atoms with van der Waals surface area (Å²) in [5.74, 6) is -0.258. The lowest BCUT2D eigenvalue weighted by Crippen LogP contribution is -2.37. The second kappa shape index (κ2) is 7.93. The Morgan fingerprint density at radius 2 is 1.92 bits per heavy atom. The fourth-order valence-electron chi connectivity index (χ4n) is 3.81. The summed E-state index contributed by atoms with van der Waals surface area (Å²) < 4.78 is 7.55. The van der Waals surface area contributed by atoms with Gasteiger partial charge >= 0.3 is 0 Å². The Hall–Kier alpha value is -2.31. The van der Waals surface area contributed by atoms with Crippen LogP contribution >= 0.6 is 0 Å². The van der Waals surface area contributed by atoms with Crippen LogP contribution in [0.1, 0.15) is 28.2 Å². The number of morpholine rings is 1. The van der Waals surface area contributed by atoms with Crippen LogP contribution in [0.5, 0.6) is 5.75 Å². The van der Waals surface area contributed by atoms with Crippen molar-refractivity contribution < 1.29 is 14.6 Å². The van der Waals surface area contributed by atoms with Gasteiger partial charge in [0.25, 0.3) is 5.91 Å². The highest BCUT2D eigenvalue weighted by molar-refractivity contribution is 6.02. The minimum absolute atomic E-state index is 0.176. The average Bonchev–Trinajstić information content (AvgIpc) is 2.87. The molecule has 1 aromatic carbocycles. The van der Waals surface area contributed by atoms with Gasteiger partial charge in [-0.05, 0) is 38.0 Å². The van der Waals surface area contributed by atoms with E-state index in [1.54, 1.807) is 18.2 Å². The number of phenolic OH excluding ortho intramolecular Hbond substituents is 1. The summed E-state index contributed by atoms with van der Waals surface area (Å²) in [7, 11) is 0. The molecule has 0 bridgehead atoms. The molecule has 0 atom stereocenters. The highest BCUT2D eigenvalue weighted by atomic mass is 16.5. The SMILES string of the molecule is Cc1c(C(N)=O)c(-c2cccc(O)c2)c(C)n1CCCN1CCOCC1. The number of aromatic hydroxyl groups is 1. The molecule has 1 fully saturated rings. The number of carbonyl (C=O) groups is 1. The number of aromatic nitrogens is 1. The van der Waals surface area contributed by atoms with E-state index in [1.807, 2.05) is 19.9 Å². The summed E-state index contributed by atoms with van der Waals surface area (Å²) in [6.07, 6.45) is 0.994. The largest absolute Gasteiger partial charge is 0.508 e. The van der Waals surface area contributed by atoms with Crippen molar-refractivity contribution in [2.75, 3.05) is 32.8 Å². The number of benzene rings is 1. The summed E-state index contributed by atoms with van der Waals surface area (Å²) in [6.45, 7) is 9.34. The van der Waals surface area contributed by atoms with Crippen LogP contribution in [0.2, 0.25) is 0 Å². The summed E-state index contributed by atoms with van der Waals surface area (Å²) in [5, 5.41) is 9.82. The molecule has 6 heteroatoms. The maximum atomic E-state index is 12.1. The Bertz CT molecular complexity index is 792. The molecule has 1 amide bonds. The number of rotatable bonds is 6. The van der Waals surface area contributed by atoms with Gasteiger partial charge in [0.05, 0.1) is 18.8 Å². The number of ether oxygens (including phenoxy) is 1. The third kappa shape index (κ3) is 3.76. The molecule has 2 aromatic rings. The quantitative estimate of drug-likeness (QED) is 0.831. The van der Waals surface area contributed by atoms with Crippen LogP contribution in [-0.4, -0.2) is 53.3 Å². The van der Waals surface area contributed by atoms with Gasteiger partial charge in [0.15, 0.2) is 0 Å². The molecule has 0 radical (unpaired) electrons.